The Morgan fingerprint density at radius 1 is 1.64 bits per heavy atom. The van der Waals surface area contributed by atoms with Gasteiger partial charge in [-0.1, -0.05) is 5.16 Å². The molecule has 0 aliphatic rings. The smallest absolute Gasteiger partial charge is 0.279 e. The van der Waals surface area contributed by atoms with Crippen molar-refractivity contribution in [3.8, 4) is 0 Å². The summed E-state index contributed by atoms with van der Waals surface area (Å²) in [6, 6.07) is -0.199. The van der Waals surface area contributed by atoms with Gasteiger partial charge in [0.2, 0.25) is 0 Å². The molecule has 0 aliphatic carbocycles. The molecular weight excluding hydrogens is 208 g/mol. The Hall–Kier alpha value is -0.860. The molecule has 0 bridgehead atoms. The number of hydrogen-bond donors (Lipinski definition) is 3. The van der Waals surface area contributed by atoms with E-state index in [-0.39, 0.29) is 18.4 Å². The highest BCUT2D eigenvalue weighted by Crippen LogP contribution is 1.94. The molecule has 0 spiro atoms. The van der Waals surface area contributed by atoms with E-state index in [2.05, 4.69) is 9.88 Å². The van der Waals surface area contributed by atoms with Crippen molar-refractivity contribution in [3.63, 3.8) is 0 Å². The van der Waals surface area contributed by atoms with Crippen molar-refractivity contribution in [2.24, 2.45) is 10.9 Å². The van der Waals surface area contributed by atoms with Gasteiger partial charge in [-0.15, -0.1) is 0 Å². The monoisotopic (exact) mass is 224 g/mol. The van der Waals surface area contributed by atoms with Crippen molar-refractivity contribution < 1.29 is 13.6 Å². The van der Waals surface area contributed by atoms with Crippen LogP contribution in [-0.2, 0) is 10.2 Å². The largest absolute Gasteiger partial charge is 0.409 e. The van der Waals surface area contributed by atoms with Crippen molar-refractivity contribution in [1.29, 1.82) is 0 Å². The summed E-state index contributed by atoms with van der Waals surface area (Å²) < 4.78 is 26.1. The van der Waals surface area contributed by atoms with Crippen LogP contribution in [0.5, 0.6) is 0 Å². The van der Waals surface area contributed by atoms with Gasteiger partial charge in [0.1, 0.15) is 0 Å². The van der Waals surface area contributed by atoms with Crippen LogP contribution in [0, 0.1) is 0 Å². The summed E-state index contributed by atoms with van der Waals surface area (Å²) in [6.45, 7) is 3.25. The van der Waals surface area contributed by atoms with Gasteiger partial charge >= 0.3 is 0 Å². The highest BCUT2D eigenvalue weighted by molar-refractivity contribution is 7.87. The van der Waals surface area contributed by atoms with E-state index in [9.17, 15) is 8.42 Å². The van der Waals surface area contributed by atoms with Crippen LogP contribution in [-0.4, -0.2) is 43.4 Å². The fraction of sp³-hybridized carbons (Fsp3) is 0.833. The molecule has 8 heteroatoms. The molecule has 0 heterocycles. The lowest BCUT2D eigenvalue weighted by Gasteiger charge is -2.18. The summed E-state index contributed by atoms with van der Waals surface area (Å²) in [5.41, 5.74) is 5.17. The van der Waals surface area contributed by atoms with Crippen molar-refractivity contribution in [2.45, 2.75) is 19.9 Å². The van der Waals surface area contributed by atoms with E-state index in [4.69, 9.17) is 10.9 Å². The molecule has 0 aromatic carbocycles. The Morgan fingerprint density at radius 2 is 2.14 bits per heavy atom. The summed E-state index contributed by atoms with van der Waals surface area (Å²) in [7, 11) is -2.22. The lowest BCUT2D eigenvalue weighted by molar-refractivity contribution is 0.315. The zero-order valence-electron chi connectivity index (χ0n) is 8.43. The molecule has 4 N–H and O–H groups in total. The number of nitrogens with two attached hydrogens (primary N) is 1. The molecule has 0 aromatic rings. The molecule has 0 saturated heterocycles. The number of hydrogen-bond acceptors (Lipinski definition) is 4. The normalized spacial score (nSPS) is 13.9. The lowest BCUT2D eigenvalue weighted by Crippen LogP contribution is -2.44. The van der Waals surface area contributed by atoms with Crippen LogP contribution < -0.4 is 10.5 Å². The highest BCUT2D eigenvalue weighted by Gasteiger charge is 2.19. The number of nitrogens with one attached hydrogen (secondary N) is 1. The molecule has 0 unspecified atom stereocenters. The first-order valence-electron chi connectivity index (χ1n) is 3.99. The molecule has 0 radical (unpaired) electrons. The SMILES string of the molecule is CC(C)NS(=O)(=O)N(C)CC(N)=NO. The first-order chi connectivity index (χ1) is 6.29. The van der Waals surface area contributed by atoms with E-state index in [1.54, 1.807) is 13.8 Å². The van der Waals surface area contributed by atoms with Crippen LogP contribution in [0.1, 0.15) is 13.8 Å². The van der Waals surface area contributed by atoms with Gasteiger partial charge in [-0.25, -0.2) is 0 Å². The van der Waals surface area contributed by atoms with Crippen LogP contribution in [0.2, 0.25) is 0 Å². The second-order valence-electron chi connectivity index (χ2n) is 3.12. The number of amidine groups is 1. The first kappa shape index (κ1) is 13.1. The summed E-state index contributed by atoms with van der Waals surface area (Å²) in [4.78, 5) is 0. The molecule has 0 fully saturated rings. The van der Waals surface area contributed by atoms with Gasteiger partial charge in [0.15, 0.2) is 5.84 Å². The van der Waals surface area contributed by atoms with Crippen molar-refractivity contribution >= 4 is 16.0 Å². The fourth-order valence-corrected chi connectivity index (χ4v) is 1.81. The predicted octanol–water partition coefficient (Wildman–Crippen LogP) is -1.09. The molecule has 0 aliphatic heterocycles. The van der Waals surface area contributed by atoms with Gasteiger partial charge in [0, 0.05) is 13.1 Å². The minimum absolute atomic E-state index is 0.154. The lowest BCUT2D eigenvalue weighted by atomic mass is 10.4. The van der Waals surface area contributed by atoms with E-state index in [1.807, 2.05) is 0 Å². The Balaban J connectivity index is 4.44. The summed E-state index contributed by atoms with van der Waals surface area (Å²) in [6.07, 6.45) is 0. The quantitative estimate of drug-likeness (QED) is 0.238. The fourth-order valence-electron chi connectivity index (χ4n) is 0.733. The number of likely N-dealkylation sites (N-methyl/N-ethyl adjacent to an activating group) is 1. The third kappa shape index (κ3) is 4.40. The van der Waals surface area contributed by atoms with Gasteiger partial charge in [0.05, 0.1) is 6.54 Å². The predicted molar refractivity (Wildman–Crippen MR) is 53.2 cm³/mol. The van der Waals surface area contributed by atoms with Gasteiger partial charge in [-0.2, -0.15) is 17.4 Å². The Labute approximate surface area is 83.8 Å². The minimum atomic E-state index is -3.55. The molecule has 0 amide bonds. The van der Waals surface area contributed by atoms with Gasteiger partial charge in [0.25, 0.3) is 10.2 Å². The Bertz CT molecular complexity index is 298. The van der Waals surface area contributed by atoms with E-state index < -0.39 is 10.2 Å². The van der Waals surface area contributed by atoms with Crippen LogP contribution in [0.15, 0.2) is 5.16 Å². The molecule has 0 atom stereocenters. The highest BCUT2D eigenvalue weighted by atomic mass is 32.2. The second kappa shape index (κ2) is 5.13. The Kier molecular flexibility index (Phi) is 4.81. The topological polar surface area (TPSA) is 108 Å². The van der Waals surface area contributed by atoms with E-state index in [0.29, 0.717) is 0 Å². The summed E-state index contributed by atoms with van der Waals surface area (Å²) in [5, 5.41) is 10.9. The molecule has 0 aromatic heterocycles. The van der Waals surface area contributed by atoms with Crippen molar-refractivity contribution in [2.75, 3.05) is 13.6 Å². The number of rotatable bonds is 5. The van der Waals surface area contributed by atoms with Crippen LogP contribution >= 0.6 is 0 Å². The van der Waals surface area contributed by atoms with E-state index in [1.165, 1.54) is 7.05 Å². The summed E-state index contributed by atoms with van der Waals surface area (Å²) >= 11 is 0. The number of nitrogens with zero attached hydrogens (tertiary/aromatic N) is 2. The van der Waals surface area contributed by atoms with Gasteiger partial charge < -0.3 is 10.9 Å². The second-order valence-corrected chi connectivity index (χ2v) is 4.93. The average molecular weight is 224 g/mol. The van der Waals surface area contributed by atoms with E-state index >= 15 is 0 Å². The average Bonchev–Trinajstić information content (AvgIpc) is 2.01. The standard InChI is InChI=1S/C6H16N4O3S/c1-5(2)9-14(12,13)10(3)4-6(7)8-11/h5,9,11H,4H2,1-3H3,(H2,7,8). The zero-order chi connectivity index (χ0) is 11.4. The van der Waals surface area contributed by atoms with Crippen molar-refractivity contribution in [1.82, 2.24) is 9.03 Å². The third-order valence-corrected chi connectivity index (χ3v) is 3.03. The number of oxime groups is 1. The summed E-state index contributed by atoms with van der Waals surface area (Å²) in [5.74, 6) is -0.165. The van der Waals surface area contributed by atoms with Crippen LogP contribution in [0.4, 0.5) is 0 Å². The first-order valence-corrected chi connectivity index (χ1v) is 5.43. The molecular formula is C6H16N4O3S. The molecule has 14 heavy (non-hydrogen) atoms. The maximum atomic E-state index is 11.4. The van der Waals surface area contributed by atoms with Crippen LogP contribution in [0.25, 0.3) is 0 Å². The molecule has 0 rings (SSSR count). The Morgan fingerprint density at radius 3 is 2.50 bits per heavy atom. The molecule has 7 nitrogen and oxygen atoms in total. The van der Waals surface area contributed by atoms with Crippen LogP contribution in [0.3, 0.4) is 0 Å². The molecule has 0 saturated carbocycles. The maximum Gasteiger partial charge on any atom is 0.279 e. The van der Waals surface area contributed by atoms with Gasteiger partial charge in [-0.05, 0) is 13.8 Å². The van der Waals surface area contributed by atoms with Crippen molar-refractivity contribution in [3.05, 3.63) is 0 Å². The minimum Gasteiger partial charge on any atom is -0.409 e. The van der Waals surface area contributed by atoms with E-state index in [0.717, 1.165) is 4.31 Å². The third-order valence-electron chi connectivity index (χ3n) is 1.31. The maximum absolute atomic E-state index is 11.4. The molecule has 84 valence electrons. The van der Waals surface area contributed by atoms with Gasteiger partial charge in [-0.3, -0.25) is 0 Å². The zero-order valence-corrected chi connectivity index (χ0v) is 9.24.